The number of nitrogen functional groups attached to an aromatic ring is 1. The van der Waals surface area contributed by atoms with E-state index in [9.17, 15) is 4.79 Å². The molecule has 5 nitrogen and oxygen atoms in total. The standard InChI is InChI=1S/C15H19N3O2S/c1-20-11-7-10(16)8-12-13(11)17-15(21-12)18-14(19)9-5-3-2-4-6-9/h7-9H,2-6,16H2,1H3,(H,17,18,19). The molecule has 1 aliphatic carbocycles. The van der Waals surface area contributed by atoms with Crippen molar-refractivity contribution in [1.82, 2.24) is 4.98 Å². The average Bonchev–Trinajstić information content (AvgIpc) is 2.89. The fourth-order valence-corrected chi connectivity index (χ4v) is 3.74. The number of methoxy groups -OCH3 is 1. The molecule has 21 heavy (non-hydrogen) atoms. The molecule has 1 amide bonds. The lowest BCUT2D eigenvalue weighted by Crippen LogP contribution is -2.24. The summed E-state index contributed by atoms with van der Waals surface area (Å²) in [5.74, 6) is 0.845. The minimum absolute atomic E-state index is 0.0840. The second-order valence-corrected chi connectivity index (χ2v) is 6.44. The minimum Gasteiger partial charge on any atom is -0.494 e. The Hall–Kier alpha value is -1.82. The number of nitrogens with one attached hydrogen (secondary N) is 1. The highest BCUT2D eigenvalue weighted by Gasteiger charge is 2.22. The fraction of sp³-hybridized carbons (Fsp3) is 0.467. The summed E-state index contributed by atoms with van der Waals surface area (Å²) < 4.78 is 6.22. The number of benzene rings is 1. The molecule has 0 spiro atoms. The SMILES string of the molecule is COc1cc(N)cc2sc(NC(=O)C3CCCCC3)nc12. The molecule has 2 aromatic rings. The number of hydrogen-bond donors (Lipinski definition) is 2. The van der Waals surface area contributed by atoms with E-state index < -0.39 is 0 Å². The van der Waals surface area contributed by atoms with Crippen LogP contribution < -0.4 is 15.8 Å². The summed E-state index contributed by atoms with van der Waals surface area (Å²) in [7, 11) is 1.59. The molecule has 0 unspecified atom stereocenters. The molecular formula is C15H19N3O2S. The first-order valence-electron chi connectivity index (χ1n) is 7.22. The van der Waals surface area contributed by atoms with Gasteiger partial charge in [-0.1, -0.05) is 30.6 Å². The van der Waals surface area contributed by atoms with Crippen LogP contribution in [-0.4, -0.2) is 18.0 Å². The second kappa shape index (κ2) is 5.89. The van der Waals surface area contributed by atoms with Gasteiger partial charge < -0.3 is 15.8 Å². The van der Waals surface area contributed by atoms with Gasteiger partial charge in [0.25, 0.3) is 0 Å². The zero-order chi connectivity index (χ0) is 14.8. The quantitative estimate of drug-likeness (QED) is 0.852. The Morgan fingerprint density at radius 1 is 1.38 bits per heavy atom. The summed E-state index contributed by atoms with van der Waals surface area (Å²) in [6.07, 6.45) is 5.48. The maximum atomic E-state index is 12.3. The van der Waals surface area contributed by atoms with Crippen molar-refractivity contribution in [2.45, 2.75) is 32.1 Å². The molecule has 3 N–H and O–H groups in total. The van der Waals surface area contributed by atoms with E-state index in [-0.39, 0.29) is 11.8 Å². The number of ether oxygens (including phenoxy) is 1. The van der Waals surface area contributed by atoms with Crippen molar-refractivity contribution in [3.8, 4) is 5.75 Å². The lowest BCUT2D eigenvalue weighted by Gasteiger charge is -2.19. The first-order chi connectivity index (χ1) is 10.2. The smallest absolute Gasteiger partial charge is 0.229 e. The normalized spacial score (nSPS) is 16.0. The van der Waals surface area contributed by atoms with Crippen molar-refractivity contribution in [1.29, 1.82) is 0 Å². The van der Waals surface area contributed by atoms with Crippen LogP contribution in [0.3, 0.4) is 0 Å². The van der Waals surface area contributed by atoms with Crippen LogP contribution in [0.15, 0.2) is 12.1 Å². The Morgan fingerprint density at radius 2 is 2.14 bits per heavy atom. The molecule has 0 radical (unpaired) electrons. The van der Waals surface area contributed by atoms with Crippen molar-refractivity contribution in [2.75, 3.05) is 18.2 Å². The van der Waals surface area contributed by atoms with E-state index in [1.165, 1.54) is 17.8 Å². The van der Waals surface area contributed by atoms with Gasteiger partial charge in [0.1, 0.15) is 11.3 Å². The number of aromatic nitrogens is 1. The summed E-state index contributed by atoms with van der Waals surface area (Å²) in [5.41, 5.74) is 7.22. The van der Waals surface area contributed by atoms with Gasteiger partial charge in [-0.25, -0.2) is 4.98 Å². The van der Waals surface area contributed by atoms with Crippen molar-refractivity contribution in [2.24, 2.45) is 5.92 Å². The maximum absolute atomic E-state index is 12.3. The molecule has 1 heterocycles. The third-order valence-electron chi connectivity index (χ3n) is 3.91. The first-order valence-corrected chi connectivity index (χ1v) is 8.04. The Kier molecular flexibility index (Phi) is 3.96. The molecule has 1 saturated carbocycles. The van der Waals surface area contributed by atoms with Gasteiger partial charge in [0.15, 0.2) is 5.13 Å². The van der Waals surface area contributed by atoms with Crippen LogP contribution in [0.4, 0.5) is 10.8 Å². The second-order valence-electron chi connectivity index (χ2n) is 5.41. The lowest BCUT2D eigenvalue weighted by molar-refractivity contribution is -0.120. The highest BCUT2D eigenvalue weighted by Crippen LogP contribution is 2.35. The molecular weight excluding hydrogens is 286 g/mol. The Balaban J connectivity index is 1.82. The summed E-state index contributed by atoms with van der Waals surface area (Å²) in [5, 5.41) is 3.56. The van der Waals surface area contributed by atoms with Gasteiger partial charge >= 0.3 is 0 Å². The van der Waals surface area contributed by atoms with Gasteiger partial charge in [-0.15, -0.1) is 0 Å². The summed E-state index contributed by atoms with van der Waals surface area (Å²) >= 11 is 1.43. The molecule has 0 bridgehead atoms. The number of anilines is 2. The van der Waals surface area contributed by atoms with Gasteiger partial charge in [0.05, 0.1) is 11.8 Å². The predicted molar refractivity (Wildman–Crippen MR) is 85.8 cm³/mol. The first kappa shape index (κ1) is 14.1. The van der Waals surface area contributed by atoms with Crippen molar-refractivity contribution >= 4 is 38.3 Å². The summed E-state index contributed by atoms with van der Waals surface area (Å²) in [6.45, 7) is 0. The molecule has 1 aliphatic rings. The Bertz CT molecular complexity index is 662. The molecule has 1 aromatic carbocycles. The number of fused-ring (bicyclic) bond motifs is 1. The zero-order valence-corrected chi connectivity index (χ0v) is 12.8. The maximum Gasteiger partial charge on any atom is 0.229 e. The molecule has 0 aliphatic heterocycles. The number of hydrogen-bond acceptors (Lipinski definition) is 5. The molecule has 112 valence electrons. The highest BCUT2D eigenvalue weighted by atomic mass is 32.1. The van der Waals surface area contributed by atoms with E-state index in [4.69, 9.17) is 10.5 Å². The van der Waals surface area contributed by atoms with Crippen LogP contribution in [0.25, 0.3) is 10.2 Å². The number of carbonyl (C=O) groups excluding carboxylic acids is 1. The van der Waals surface area contributed by atoms with Crippen LogP contribution in [0.2, 0.25) is 0 Å². The Morgan fingerprint density at radius 3 is 2.86 bits per heavy atom. The van der Waals surface area contributed by atoms with Gasteiger partial charge in [-0.05, 0) is 18.9 Å². The Labute approximate surface area is 127 Å². The third kappa shape index (κ3) is 2.95. The minimum atomic E-state index is 0.0840. The van der Waals surface area contributed by atoms with Crippen LogP contribution >= 0.6 is 11.3 Å². The van der Waals surface area contributed by atoms with E-state index in [0.29, 0.717) is 16.6 Å². The molecule has 0 saturated heterocycles. The van der Waals surface area contributed by atoms with Crippen molar-refractivity contribution in [3.05, 3.63) is 12.1 Å². The topological polar surface area (TPSA) is 77.2 Å². The molecule has 1 fully saturated rings. The number of carbonyl (C=O) groups is 1. The van der Waals surface area contributed by atoms with Gasteiger partial charge in [-0.3, -0.25) is 4.79 Å². The highest BCUT2D eigenvalue weighted by molar-refractivity contribution is 7.22. The molecule has 6 heteroatoms. The number of amides is 1. The van der Waals surface area contributed by atoms with Crippen LogP contribution in [0.5, 0.6) is 5.75 Å². The van der Waals surface area contributed by atoms with Crippen LogP contribution in [0, 0.1) is 5.92 Å². The number of thiazole rings is 1. The zero-order valence-electron chi connectivity index (χ0n) is 12.0. The van der Waals surface area contributed by atoms with Crippen molar-refractivity contribution < 1.29 is 9.53 Å². The number of nitrogens with two attached hydrogens (primary N) is 1. The summed E-state index contributed by atoms with van der Waals surface area (Å²) in [6, 6.07) is 3.60. The van der Waals surface area contributed by atoms with Gasteiger partial charge in [0, 0.05) is 17.7 Å². The van der Waals surface area contributed by atoms with Crippen LogP contribution in [0.1, 0.15) is 32.1 Å². The van der Waals surface area contributed by atoms with E-state index in [2.05, 4.69) is 10.3 Å². The molecule has 3 rings (SSSR count). The average molecular weight is 305 g/mol. The number of nitrogens with zero attached hydrogens (tertiary/aromatic N) is 1. The van der Waals surface area contributed by atoms with Crippen molar-refractivity contribution in [3.63, 3.8) is 0 Å². The summed E-state index contributed by atoms with van der Waals surface area (Å²) in [4.78, 5) is 16.7. The molecule has 1 aromatic heterocycles. The van der Waals surface area contributed by atoms with Gasteiger partial charge in [-0.2, -0.15) is 0 Å². The third-order valence-corrected chi connectivity index (χ3v) is 4.83. The van der Waals surface area contributed by atoms with E-state index in [0.717, 1.165) is 35.9 Å². The van der Waals surface area contributed by atoms with Crippen LogP contribution in [-0.2, 0) is 4.79 Å². The fourth-order valence-electron chi connectivity index (χ4n) is 2.80. The predicted octanol–water partition coefficient (Wildman–Crippen LogP) is 3.41. The van der Waals surface area contributed by atoms with E-state index in [1.807, 2.05) is 6.07 Å². The lowest BCUT2D eigenvalue weighted by atomic mass is 9.89. The van der Waals surface area contributed by atoms with E-state index in [1.54, 1.807) is 13.2 Å². The monoisotopic (exact) mass is 305 g/mol. The van der Waals surface area contributed by atoms with E-state index >= 15 is 0 Å². The number of rotatable bonds is 3. The molecule has 0 atom stereocenters. The van der Waals surface area contributed by atoms with Gasteiger partial charge in [0.2, 0.25) is 5.91 Å². The largest absolute Gasteiger partial charge is 0.494 e.